The second kappa shape index (κ2) is 3.51. The summed E-state index contributed by atoms with van der Waals surface area (Å²) in [6.07, 6.45) is 0.774. The van der Waals surface area contributed by atoms with Gasteiger partial charge in [-0.3, -0.25) is 0 Å². The Morgan fingerprint density at radius 3 is 2.67 bits per heavy atom. The maximum absolute atomic E-state index is 13.1. The summed E-state index contributed by atoms with van der Waals surface area (Å²) in [6.45, 7) is 0.795. The van der Waals surface area contributed by atoms with E-state index in [0.29, 0.717) is 5.56 Å². The van der Waals surface area contributed by atoms with Crippen molar-refractivity contribution in [2.24, 2.45) is 0 Å². The third-order valence-corrected chi connectivity index (χ3v) is 2.53. The number of phenols is 1. The van der Waals surface area contributed by atoms with Crippen molar-refractivity contribution in [3.05, 3.63) is 29.1 Å². The molecule has 0 aromatic heterocycles. The van der Waals surface area contributed by atoms with Crippen LogP contribution in [-0.4, -0.2) is 22.7 Å². The Balaban J connectivity index is 2.49. The van der Waals surface area contributed by atoms with Crippen LogP contribution in [0.15, 0.2) is 12.1 Å². The summed E-state index contributed by atoms with van der Waals surface area (Å²) in [4.78, 5) is 10.7. The highest BCUT2D eigenvalue weighted by molar-refractivity contribution is 5.91. The van der Waals surface area contributed by atoms with Gasteiger partial charge in [0, 0.05) is 11.6 Å². The molecule has 1 aromatic carbocycles. The fourth-order valence-electron chi connectivity index (χ4n) is 1.60. The molecule has 3 N–H and O–H groups in total. The summed E-state index contributed by atoms with van der Waals surface area (Å²) < 4.78 is 13.1. The summed E-state index contributed by atoms with van der Waals surface area (Å²) >= 11 is 0. The first-order chi connectivity index (χ1) is 7.09. The SMILES string of the molecule is O=C(O)c1cc(F)cc([C@H]2CCN2)c1O. The van der Waals surface area contributed by atoms with E-state index >= 15 is 0 Å². The summed E-state index contributed by atoms with van der Waals surface area (Å²) in [5.41, 5.74) is -0.0719. The topological polar surface area (TPSA) is 69.6 Å². The number of rotatable bonds is 2. The van der Waals surface area contributed by atoms with Crippen molar-refractivity contribution in [3.63, 3.8) is 0 Å². The number of aromatic hydroxyl groups is 1. The molecule has 1 aromatic rings. The molecule has 0 amide bonds. The number of halogens is 1. The van der Waals surface area contributed by atoms with Crippen LogP contribution in [0.25, 0.3) is 0 Å². The predicted octanol–water partition coefficient (Wildman–Crippen LogP) is 1.26. The molecule has 4 nitrogen and oxygen atoms in total. The number of carbonyl (C=O) groups is 1. The van der Waals surface area contributed by atoms with Crippen molar-refractivity contribution >= 4 is 5.97 Å². The zero-order valence-corrected chi connectivity index (χ0v) is 7.83. The lowest BCUT2D eigenvalue weighted by Crippen LogP contribution is -2.35. The highest BCUT2D eigenvalue weighted by Gasteiger charge is 2.25. The average Bonchev–Trinajstić information content (AvgIpc) is 2.07. The van der Waals surface area contributed by atoms with Crippen LogP contribution in [0.2, 0.25) is 0 Å². The Morgan fingerprint density at radius 2 is 2.20 bits per heavy atom. The van der Waals surface area contributed by atoms with E-state index < -0.39 is 17.3 Å². The minimum atomic E-state index is -1.33. The Labute approximate surface area is 85.4 Å². The second-order valence-corrected chi connectivity index (χ2v) is 3.49. The van der Waals surface area contributed by atoms with Crippen LogP contribution in [0, 0.1) is 5.82 Å². The van der Waals surface area contributed by atoms with Crippen molar-refractivity contribution in [2.75, 3.05) is 6.54 Å². The number of nitrogens with one attached hydrogen (secondary N) is 1. The zero-order chi connectivity index (χ0) is 11.0. The predicted molar refractivity (Wildman–Crippen MR) is 50.4 cm³/mol. The summed E-state index contributed by atoms with van der Waals surface area (Å²) in [5, 5.41) is 21.3. The largest absolute Gasteiger partial charge is 0.507 e. The summed E-state index contributed by atoms with van der Waals surface area (Å²) in [5.74, 6) is -2.32. The smallest absolute Gasteiger partial charge is 0.339 e. The van der Waals surface area contributed by atoms with Gasteiger partial charge < -0.3 is 15.5 Å². The second-order valence-electron chi connectivity index (χ2n) is 3.49. The quantitative estimate of drug-likeness (QED) is 0.688. The first-order valence-electron chi connectivity index (χ1n) is 4.58. The van der Waals surface area contributed by atoms with Gasteiger partial charge in [-0.2, -0.15) is 0 Å². The summed E-state index contributed by atoms with van der Waals surface area (Å²) in [7, 11) is 0. The Kier molecular flexibility index (Phi) is 2.32. The first-order valence-corrected chi connectivity index (χ1v) is 4.58. The van der Waals surface area contributed by atoms with E-state index in [0.717, 1.165) is 19.0 Å². The number of hydrogen-bond acceptors (Lipinski definition) is 3. The lowest BCUT2D eigenvalue weighted by Gasteiger charge is -2.28. The van der Waals surface area contributed by atoms with Gasteiger partial charge in [0.1, 0.15) is 17.1 Å². The molecule has 5 heteroatoms. The van der Waals surface area contributed by atoms with Gasteiger partial charge in [0.05, 0.1) is 0 Å². The van der Waals surface area contributed by atoms with Gasteiger partial charge in [0.15, 0.2) is 0 Å². The molecule has 0 aliphatic carbocycles. The van der Waals surface area contributed by atoms with Gasteiger partial charge in [-0.05, 0) is 25.1 Å². The van der Waals surface area contributed by atoms with Crippen LogP contribution in [0.5, 0.6) is 5.75 Å². The standard InChI is InChI=1S/C10H10FNO3/c11-5-3-6(8-1-2-12-8)9(13)7(4-5)10(14)15/h3-4,8,12-13H,1-2H2,(H,14,15)/t8-/m1/s1. The monoisotopic (exact) mass is 211 g/mol. The number of carboxylic acid groups (broad SMARTS) is 1. The van der Waals surface area contributed by atoms with E-state index in [9.17, 15) is 14.3 Å². The lowest BCUT2D eigenvalue weighted by atomic mass is 9.95. The molecule has 1 atom stereocenters. The lowest BCUT2D eigenvalue weighted by molar-refractivity contribution is 0.0692. The zero-order valence-electron chi connectivity index (χ0n) is 7.83. The molecule has 15 heavy (non-hydrogen) atoms. The molecule has 0 radical (unpaired) electrons. The van der Waals surface area contributed by atoms with Gasteiger partial charge in [0.2, 0.25) is 0 Å². The fourth-order valence-corrected chi connectivity index (χ4v) is 1.60. The molecule has 80 valence electrons. The highest BCUT2D eigenvalue weighted by Crippen LogP contribution is 2.33. The highest BCUT2D eigenvalue weighted by atomic mass is 19.1. The van der Waals surface area contributed by atoms with Gasteiger partial charge in [-0.15, -0.1) is 0 Å². The van der Waals surface area contributed by atoms with E-state index in [4.69, 9.17) is 5.11 Å². The molecule has 1 saturated heterocycles. The minimum absolute atomic E-state index is 0.140. The van der Waals surface area contributed by atoms with Crippen molar-refractivity contribution < 1.29 is 19.4 Å². The third kappa shape index (κ3) is 1.66. The number of carboxylic acids is 1. The average molecular weight is 211 g/mol. The van der Waals surface area contributed by atoms with Crippen LogP contribution >= 0.6 is 0 Å². The number of aromatic carboxylic acids is 1. The Hall–Kier alpha value is -1.62. The molecule has 0 unspecified atom stereocenters. The molecule has 1 heterocycles. The molecule has 0 spiro atoms. The van der Waals surface area contributed by atoms with E-state index in [-0.39, 0.29) is 11.8 Å². The van der Waals surface area contributed by atoms with Crippen LogP contribution in [-0.2, 0) is 0 Å². The van der Waals surface area contributed by atoms with E-state index in [1.54, 1.807) is 0 Å². The first kappa shape index (κ1) is 9.92. The van der Waals surface area contributed by atoms with Crippen LogP contribution in [0.1, 0.15) is 28.4 Å². The molecule has 1 fully saturated rings. The maximum Gasteiger partial charge on any atom is 0.339 e. The van der Waals surface area contributed by atoms with E-state index in [2.05, 4.69) is 5.32 Å². The van der Waals surface area contributed by atoms with Gasteiger partial charge >= 0.3 is 5.97 Å². The molecular formula is C10H10FNO3. The maximum atomic E-state index is 13.1. The Bertz CT molecular complexity index is 415. The van der Waals surface area contributed by atoms with E-state index in [1.165, 1.54) is 6.07 Å². The molecule has 1 aliphatic rings. The number of hydrogen-bond donors (Lipinski definition) is 3. The molecule has 2 rings (SSSR count). The normalized spacial score (nSPS) is 19.7. The molecule has 0 bridgehead atoms. The van der Waals surface area contributed by atoms with Crippen LogP contribution in [0.3, 0.4) is 0 Å². The summed E-state index contributed by atoms with van der Waals surface area (Å²) in [6, 6.07) is 1.84. The van der Waals surface area contributed by atoms with Gasteiger partial charge in [-0.1, -0.05) is 0 Å². The van der Waals surface area contributed by atoms with Crippen molar-refractivity contribution in [1.82, 2.24) is 5.32 Å². The van der Waals surface area contributed by atoms with E-state index in [1.807, 2.05) is 0 Å². The minimum Gasteiger partial charge on any atom is -0.507 e. The number of benzene rings is 1. The van der Waals surface area contributed by atoms with Crippen molar-refractivity contribution in [2.45, 2.75) is 12.5 Å². The molecule has 0 saturated carbocycles. The van der Waals surface area contributed by atoms with Gasteiger partial charge in [0.25, 0.3) is 0 Å². The molecule has 1 aliphatic heterocycles. The Morgan fingerprint density at radius 1 is 1.53 bits per heavy atom. The van der Waals surface area contributed by atoms with Crippen LogP contribution in [0.4, 0.5) is 4.39 Å². The van der Waals surface area contributed by atoms with Gasteiger partial charge in [-0.25, -0.2) is 9.18 Å². The fraction of sp³-hybridized carbons (Fsp3) is 0.300. The van der Waals surface area contributed by atoms with Crippen molar-refractivity contribution in [1.29, 1.82) is 0 Å². The molecular weight excluding hydrogens is 201 g/mol. The third-order valence-electron chi connectivity index (χ3n) is 2.53. The van der Waals surface area contributed by atoms with Crippen LogP contribution < -0.4 is 5.32 Å². The van der Waals surface area contributed by atoms with Crippen molar-refractivity contribution in [3.8, 4) is 5.75 Å².